The summed E-state index contributed by atoms with van der Waals surface area (Å²) in [6, 6.07) is 0. The molecular formula is C12H23NO2. The summed E-state index contributed by atoms with van der Waals surface area (Å²) in [7, 11) is 0. The van der Waals surface area contributed by atoms with Gasteiger partial charge in [-0.25, -0.2) is 0 Å². The van der Waals surface area contributed by atoms with Gasteiger partial charge in [-0.05, 0) is 44.2 Å². The molecule has 0 amide bonds. The maximum atomic E-state index is 10.5. The van der Waals surface area contributed by atoms with Crippen LogP contribution in [-0.2, 0) is 4.79 Å². The molecular weight excluding hydrogens is 190 g/mol. The van der Waals surface area contributed by atoms with Gasteiger partial charge in [0.1, 0.15) is 0 Å². The molecule has 3 nitrogen and oxygen atoms in total. The third kappa shape index (κ3) is 4.65. The molecule has 1 fully saturated rings. The number of carboxylic acid groups (broad SMARTS) is 1. The summed E-state index contributed by atoms with van der Waals surface area (Å²) in [6.45, 7) is 7.46. The van der Waals surface area contributed by atoms with Crippen molar-refractivity contribution in [3.63, 3.8) is 0 Å². The Hall–Kier alpha value is -0.570. The van der Waals surface area contributed by atoms with E-state index < -0.39 is 5.97 Å². The Labute approximate surface area is 92.5 Å². The lowest BCUT2D eigenvalue weighted by molar-refractivity contribution is -0.137. The second kappa shape index (κ2) is 6.11. The molecule has 0 saturated carbocycles. The second-order valence-electron chi connectivity index (χ2n) is 4.92. The normalized spacial score (nSPS) is 24.1. The molecule has 0 aliphatic carbocycles. The van der Waals surface area contributed by atoms with Crippen molar-refractivity contribution in [3.05, 3.63) is 0 Å². The second-order valence-corrected chi connectivity index (χ2v) is 4.92. The van der Waals surface area contributed by atoms with E-state index in [1.165, 1.54) is 19.3 Å². The molecule has 1 N–H and O–H groups in total. The molecule has 0 aromatic heterocycles. The first-order valence-electron chi connectivity index (χ1n) is 6.03. The molecule has 0 aromatic carbocycles. The van der Waals surface area contributed by atoms with Crippen LogP contribution in [0.25, 0.3) is 0 Å². The Bertz CT molecular complexity index is 204. The van der Waals surface area contributed by atoms with Crippen LogP contribution in [0.4, 0.5) is 0 Å². The van der Waals surface area contributed by atoms with E-state index >= 15 is 0 Å². The van der Waals surface area contributed by atoms with Crippen LogP contribution in [0.5, 0.6) is 0 Å². The Kier molecular flexibility index (Phi) is 5.09. The quantitative estimate of drug-likeness (QED) is 0.778. The molecule has 0 radical (unpaired) electrons. The van der Waals surface area contributed by atoms with Gasteiger partial charge in [-0.1, -0.05) is 13.8 Å². The van der Waals surface area contributed by atoms with Crippen LogP contribution in [0.15, 0.2) is 0 Å². The molecule has 1 heterocycles. The highest BCUT2D eigenvalue weighted by Crippen LogP contribution is 2.24. The third-order valence-corrected chi connectivity index (χ3v) is 3.45. The van der Waals surface area contributed by atoms with E-state index in [4.69, 9.17) is 5.11 Å². The van der Waals surface area contributed by atoms with Gasteiger partial charge in [-0.3, -0.25) is 4.79 Å². The standard InChI is InChI=1S/C12H23NO2/c1-10(2)11-4-3-7-13(8-5-11)9-6-12(14)15/h10-11H,3-9H2,1-2H3,(H,14,15). The summed E-state index contributed by atoms with van der Waals surface area (Å²) in [5.74, 6) is 0.920. The molecule has 1 saturated heterocycles. The largest absolute Gasteiger partial charge is 0.481 e. The van der Waals surface area contributed by atoms with E-state index in [1.54, 1.807) is 0 Å². The van der Waals surface area contributed by atoms with Crippen molar-refractivity contribution < 1.29 is 9.90 Å². The summed E-state index contributed by atoms with van der Waals surface area (Å²) < 4.78 is 0. The lowest BCUT2D eigenvalue weighted by Crippen LogP contribution is -2.27. The molecule has 3 heteroatoms. The van der Waals surface area contributed by atoms with Crippen molar-refractivity contribution in [1.29, 1.82) is 0 Å². The van der Waals surface area contributed by atoms with Gasteiger partial charge in [-0.15, -0.1) is 0 Å². The predicted octanol–water partition coefficient (Wildman–Crippen LogP) is 2.22. The minimum atomic E-state index is -0.681. The van der Waals surface area contributed by atoms with Crippen molar-refractivity contribution >= 4 is 5.97 Å². The van der Waals surface area contributed by atoms with Crippen LogP contribution in [0, 0.1) is 11.8 Å². The number of hydrogen-bond donors (Lipinski definition) is 1. The van der Waals surface area contributed by atoms with Crippen LogP contribution in [0.2, 0.25) is 0 Å². The topological polar surface area (TPSA) is 40.5 Å². The number of aliphatic carboxylic acids is 1. The molecule has 1 aliphatic rings. The Balaban J connectivity index is 2.29. The number of rotatable bonds is 4. The lowest BCUT2D eigenvalue weighted by atomic mass is 9.89. The smallest absolute Gasteiger partial charge is 0.304 e. The van der Waals surface area contributed by atoms with E-state index in [-0.39, 0.29) is 6.42 Å². The zero-order valence-corrected chi connectivity index (χ0v) is 9.91. The lowest BCUT2D eigenvalue weighted by Gasteiger charge is -2.20. The summed E-state index contributed by atoms with van der Waals surface area (Å²) in [5, 5.41) is 8.63. The van der Waals surface area contributed by atoms with Gasteiger partial charge < -0.3 is 10.0 Å². The summed E-state index contributed by atoms with van der Waals surface area (Å²) in [5.41, 5.74) is 0. The number of carbonyl (C=O) groups is 1. The van der Waals surface area contributed by atoms with Crippen molar-refractivity contribution in [3.8, 4) is 0 Å². The van der Waals surface area contributed by atoms with E-state index in [0.717, 1.165) is 31.5 Å². The van der Waals surface area contributed by atoms with Crippen LogP contribution >= 0.6 is 0 Å². The summed E-state index contributed by atoms with van der Waals surface area (Å²) in [4.78, 5) is 12.8. The average Bonchev–Trinajstić information content (AvgIpc) is 2.39. The number of likely N-dealkylation sites (tertiary alicyclic amines) is 1. The van der Waals surface area contributed by atoms with E-state index in [0.29, 0.717) is 0 Å². The predicted molar refractivity (Wildman–Crippen MR) is 60.9 cm³/mol. The molecule has 1 rings (SSSR count). The van der Waals surface area contributed by atoms with Gasteiger partial charge in [0.15, 0.2) is 0 Å². The number of carboxylic acids is 1. The van der Waals surface area contributed by atoms with Gasteiger partial charge in [0.25, 0.3) is 0 Å². The summed E-state index contributed by atoms with van der Waals surface area (Å²) >= 11 is 0. The van der Waals surface area contributed by atoms with Crippen LogP contribution in [0.1, 0.15) is 39.5 Å². The molecule has 88 valence electrons. The zero-order chi connectivity index (χ0) is 11.3. The molecule has 0 bridgehead atoms. The van der Waals surface area contributed by atoms with Gasteiger partial charge in [0, 0.05) is 6.54 Å². The zero-order valence-electron chi connectivity index (χ0n) is 9.91. The Morgan fingerprint density at radius 1 is 1.40 bits per heavy atom. The molecule has 1 aliphatic heterocycles. The number of hydrogen-bond acceptors (Lipinski definition) is 2. The van der Waals surface area contributed by atoms with Gasteiger partial charge in [0.2, 0.25) is 0 Å². The first-order chi connectivity index (χ1) is 7.09. The maximum Gasteiger partial charge on any atom is 0.304 e. The fraction of sp³-hybridized carbons (Fsp3) is 0.917. The van der Waals surface area contributed by atoms with Crippen LogP contribution in [-0.4, -0.2) is 35.6 Å². The number of nitrogens with zero attached hydrogens (tertiary/aromatic N) is 1. The Morgan fingerprint density at radius 2 is 2.13 bits per heavy atom. The van der Waals surface area contributed by atoms with E-state index in [1.807, 2.05) is 0 Å². The van der Waals surface area contributed by atoms with Gasteiger partial charge in [-0.2, -0.15) is 0 Å². The molecule has 0 spiro atoms. The van der Waals surface area contributed by atoms with Crippen molar-refractivity contribution in [2.24, 2.45) is 11.8 Å². The van der Waals surface area contributed by atoms with E-state index in [2.05, 4.69) is 18.7 Å². The minimum Gasteiger partial charge on any atom is -0.481 e. The van der Waals surface area contributed by atoms with Crippen LogP contribution < -0.4 is 0 Å². The summed E-state index contributed by atoms with van der Waals surface area (Å²) in [6.07, 6.45) is 4.05. The maximum absolute atomic E-state index is 10.5. The molecule has 15 heavy (non-hydrogen) atoms. The Morgan fingerprint density at radius 3 is 2.73 bits per heavy atom. The molecule has 1 unspecified atom stereocenters. The monoisotopic (exact) mass is 213 g/mol. The van der Waals surface area contributed by atoms with Gasteiger partial charge in [0.05, 0.1) is 6.42 Å². The van der Waals surface area contributed by atoms with Crippen molar-refractivity contribution in [2.45, 2.75) is 39.5 Å². The highest BCUT2D eigenvalue weighted by molar-refractivity contribution is 5.66. The van der Waals surface area contributed by atoms with Crippen LogP contribution in [0.3, 0.4) is 0 Å². The van der Waals surface area contributed by atoms with Crippen molar-refractivity contribution in [1.82, 2.24) is 4.90 Å². The van der Waals surface area contributed by atoms with Crippen molar-refractivity contribution in [2.75, 3.05) is 19.6 Å². The highest BCUT2D eigenvalue weighted by Gasteiger charge is 2.19. The third-order valence-electron chi connectivity index (χ3n) is 3.45. The van der Waals surface area contributed by atoms with Gasteiger partial charge >= 0.3 is 5.97 Å². The molecule has 0 aromatic rings. The highest BCUT2D eigenvalue weighted by atomic mass is 16.4. The SMILES string of the molecule is CC(C)C1CCCN(CCC(=O)O)CC1. The minimum absolute atomic E-state index is 0.284. The average molecular weight is 213 g/mol. The first-order valence-corrected chi connectivity index (χ1v) is 6.03. The fourth-order valence-electron chi connectivity index (χ4n) is 2.33. The van der Waals surface area contributed by atoms with E-state index in [9.17, 15) is 4.79 Å². The molecule has 1 atom stereocenters. The first kappa shape index (κ1) is 12.5. The fourth-order valence-corrected chi connectivity index (χ4v) is 2.33.